The fraction of sp³-hybridized carbons (Fsp3) is 0.625. The molecule has 1 aliphatic carbocycles. The van der Waals surface area contributed by atoms with Crippen molar-refractivity contribution in [2.24, 2.45) is 0 Å². The smallest absolute Gasteiger partial charge is 0.309 e. The number of alkyl halides is 3. The van der Waals surface area contributed by atoms with E-state index in [9.17, 15) is 22.2 Å². The van der Waals surface area contributed by atoms with Crippen LogP contribution in [-0.4, -0.2) is 25.1 Å². The molecule has 0 aliphatic heterocycles. The van der Waals surface area contributed by atoms with Gasteiger partial charge in [0.1, 0.15) is 10.6 Å². The summed E-state index contributed by atoms with van der Waals surface area (Å²) in [6.07, 6.45) is 1.00. The molecule has 8 heteroatoms. The normalized spacial score (nSPS) is 18.2. The van der Waals surface area contributed by atoms with E-state index >= 15 is 0 Å². The Hall–Kier alpha value is -1.44. The highest BCUT2D eigenvalue weighted by atomic mass is 32.2. The molecule has 4 nitrogen and oxygen atoms in total. The van der Waals surface area contributed by atoms with Crippen molar-refractivity contribution in [1.82, 2.24) is 4.98 Å². The Morgan fingerprint density at radius 2 is 1.83 bits per heavy atom. The van der Waals surface area contributed by atoms with Gasteiger partial charge in [0, 0.05) is 22.2 Å². The zero-order chi connectivity index (χ0) is 18.0. The first kappa shape index (κ1) is 18.9. The summed E-state index contributed by atoms with van der Waals surface area (Å²) >= 11 is 0. The number of hydrogen-bond donors (Lipinski definition) is 1. The first-order valence-electron chi connectivity index (χ1n) is 7.88. The predicted molar refractivity (Wildman–Crippen MR) is 87.0 cm³/mol. The number of nitrogens with one attached hydrogen (secondary N) is 1. The third kappa shape index (κ3) is 4.34. The molecule has 1 aromatic heterocycles. The number of aromatic nitrogens is 1. The molecule has 0 spiro atoms. The summed E-state index contributed by atoms with van der Waals surface area (Å²) < 4.78 is 49.1. The van der Waals surface area contributed by atoms with Crippen molar-refractivity contribution < 1.29 is 22.2 Å². The summed E-state index contributed by atoms with van der Waals surface area (Å²) in [7, 11) is -1.36. The maximum atomic E-state index is 12.7. The first-order valence-corrected chi connectivity index (χ1v) is 9.09. The third-order valence-corrected chi connectivity index (χ3v) is 6.51. The van der Waals surface area contributed by atoms with Gasteiger partial charge in [0.15, 0.2) is 0 Å². The number of anilines is 1. The van der Waals surface area contributed by atoms with Crippen molar-refractivity contribution in [2.45, 2.75) is 62.1 Å². The Balaban J connectivity index is 2.05. The average Bonchev–Trinajstić information content (AvgIpc) is 2.54. The lowest BCUT2D eigenvalue weighted by Gasteiger charge is -2.30. The second-order valence-electron chi connectivity index (χ2n) is 6.45. The van der Waals surface area contributed by atoms with Gasteiger partial charge in [-0.1, -0.05) is 19.3 Å². The van der Waals surface area contributed by atoms with Gasteiger partial charge in [-0.3, -0.25) is 9.00 Å². The topological polar surface area (TPSA) is 59.1 Å². The molecule has 1 atom stereocenters. The van der Waals surface area contributed by atoms with Gasteiger partial charge in [0.25, 0.3) is 0 Å². The standard InChI is InChI=1S/C16H21F3N2O2S/c1-15(2,24(23)12-6-4-3-5-7-12)14(22)21-13-9-8-11(10-20-13)16(17,18)19/h8-10,12H,3-7H2,1-2H3,(H,20,21,22). The molecule has 0 aromatic carbocycles. The van der Waals surface area contributed by atoms with Crippen LogP contribution in [-0.2, 0) is 21.8 Å². The maximum Gasteiger partial charge on any atom is 0.417 e. The molecule has 1 N–H and O–H groups in total. The summed E-state index contributed by atoms with van der Waals surface area (Å²) in [5, 5.41) is 2.46. The molecule has 1 unspecified atom stereocenters. The average molecular weight is 362 g/mol. The number of rotatable bonds is 4. The predicted octanol–water partition coefficient (Wildman–Crippen LogP) is 3.90. The lowest BCUT2D eigenvalue weighted by atomic mass is 10.0. The minimum atomic E-state index is -4.47. The molecule has 2 rings (SSSR count). The molecule has 0 radical (unpaired) electrons. The van der Waals surface area contributed by atoms with Crippen molar-refractivity contribution in [3.8, 4) is 0 Å². The monoisotopic (exact) mass is 362 g/mol. The zero-order valence-corrected chi connectivity index (χ0v) is 14.5. The lowest BCUT2D eigenvalue weighted by molar-refractivity contribution is -0.137. The molecule has 0 saturated heterocycles. The molecule has 1 fully saturated rings. The van der Waals surface area contributed by atoms with Crippen LogP contribution in [0.4, 0.5) is 19.0 Å². The molecule has 1 heterocycles. The highest BCUT2D eigenvalue weighted by Gasteiger charge is 2.39. The Labute approximate surface area is 141 Å². The minimum absolute atomic E-state index is 0.0138. The lowest BCUT2D eigenvalue weighted by Crippen LogP contribution is -2.45. The van der Waals surface area contributed by atoms with E-state index in [0.29, 0.717) is 6.20 Å². The number of carbonyl (C=O) groups is 1. The van der Waals surface area contributed by atoms with Gasteiger partial charge in [-0.25, -0.2) is 4.98 Å². The number of carbonyl (C=O) groups excluding carboxylic acids is 1. The summed E-state index contributed by atoms with van der Waals surface area (Å²) in [5.74, 6) is -0.486. The molecule has 1 aliphatic rings. The van der Waals surface area contributed by atoms with E-state index < -0.39 is 33.2 Å². The summed E-state index contributed by atoms with van der Waals surface area (Å²) in [6.45, 7) is 3.19. The van der Waals surface area contributed by atoms with Crippen LogP contribution >= 0.6 is 0 Å². The number of amides is 1. The largest absolute Gasteiger partial charge is 0.417 e. The Morgan fingerprint density at radius 1 is 1.21 bits per heavy atom. The maximum absolute atomic E-state index is 12.7. The first-order chi connectivity index (χ1) is 11.1. The molecule has 0 bridgehead atoms. The van der Waals surface area contributed by atoms with E-state index in [1.54, 1.807) is 13.8 Å². The van der Waals surface area contributed by atoms with Crippen LogP contribution in [0.15, 0.2) is 18.3 Å². The van der Waals surface area contributed by atoms with Crippen LogP contribution in [0.2, 0.25) is 0 Å². The number of halogens is 3. The second-order valence-corrected chi connectivity index (χ2v) is 8.73. The van der Waals surface area contributed by atoms with Gasteiger partial charge < -0.3 is 5.32 Å². The van der Waals surface area contributed by atoms with Crippen molar-refractivity contribution in [3.63, 3.8) is 0 Å². The fourth-order valence-corrected chi connectivity index (χ4v) is 4.52. The SMILES string of the molecule is CC(C)(C(=O)Nc1ccc(C(F)(F)F)cn1)S(=O)C1CCCCC1. The van der Waals surface area contributed by atoms with Gasteiger partial charge in [-0.15, -0.1) is 0 Å². The summed E-state index contributed by atoms with van der Waals surface area (Å²) in [6, 6.07) is 1.95. The molecule has 134 valence electrons. The van der Waals surface area contributed by atoms with E-state index in [0.717, 1.165) is 44.2 Å². The van der Waals surface area contributed by atoms with Crippen LogP contribution in [0.25, 0.3) is 0 Å². The van der Waals surface area contributed by atoms with Crippen LogP contribution in [0.3, 0.4) is 0 Å². The molecular formula is C16H21F3N2O2S. The van der Waals surface area contributed by atoms with E-state index in [4.69, 9.17) is 0 Å². The molecule has 1 aromatic rings. The summed E-state index contributed by atoms with van der Waals surface area (Å²) in [5.41, 5.74) is -0.884. The molecule has 1 saturated carbocycles. The van der Waals surface area contributed by atoms with E-state index in [2.05, 4.69) is 10.3 Å². The minimum Gasteiger partial charge on any atom is -0.309 e. The molecule has 24 heavy (non-hydrogen) atoms. The molecule has 1 amide bonds. The summed E-state index contributed by atoms with van der Waals surface area (Å²) in [4.78, 5) is 16.1. The van der Waals surface area contributed by atoms with Gasteiger partial charge in [-0.2, -0.15) is 13.2 Å². The van der Waals surface area contributed by atoms with Gasteiger partial charge >= 0.3 is 6.18 Å². The van der Waals surface area contributed by atoms with Crippen LogP contribution in [0, 0.1) is 0 Å². The van der Waals surface area contributed by atoms with Crippen LogP contribution in [0.5, 0.6) is 0 Å². The van der Waals surface area contributed by atoms with Crippen molar-refractivity contribution in [1.29, 1.82) is 0 Å². The van der Waals surface area contributed by atoms with Crippen molar-refractivity contribution >= 4 is 22.5 Å². The number of pyridine rings is 1. The zero-order valence-electron chi connectivity index (χ0n) is 13.7. The van der Waals surface area contributed by atoms with E-state index in [1.807, 2.05) is 0 Å². The quantitative estimate of drug-likeness (QED) is 0.884. The van der Waals surface area contributed by atoms with Gasteiger partial charge in [0.2, 0.25) is 5.91 Å². The van der Waals surface area contributed by atoms with Gasteiger partial charge in [-0.05, 0) is 38.8 Å². The highest BCUT2D eigenvalue weighted by Crippen LogP contribution is 2.30. The van der Waals surface area contributed by atoms with E-state index in [1.165, 1.54) is 0 Å². The Morgan fingerprint density at radius 3 is 2.33 bits per heavy atom. The Bertz CT molecular complexity index is 609. The van der Waals surface area contributed by atoms with Crippen molar-refractivity contribution in [3.05, 3.63) is 23.9 Å². The van der Waals surface area contributed by atoms with Crippen LogP contribution in [0.1, 0.15) is 51.5 Å². The Kier molecular flexibility index (Phi) is 5.67. The third-order valence-electron chi connectivity index (χ3n) is 4.24. The fourth-order valence-electron chi connectivity index (χ4n) is 2.69. The number of hydrogen-bond acceptors (Lipinski definition) is 3. The van der Waals surface area contributed by atoms with Gasteiger partial charge in [0.05, 0.1) is 5.56 Å². The van der Waals surface area contributed by atoms with E-state index in [-0.39, 0.29) is 11.1 Å². The number of nitrogens with zero attached hydrogens (tertiary/aromatic N) is 1. The highest BCUT2D eigenvalue weighted by molar-refractivity contribution is 7.87. The second kappa shape index (κ2) is 7.21. The van der Waals surface area contributed by atoms with Crippen LogP contribution < -0.4 is 5.32 Å². The molecular weight excluding hydrogens is 341 g/mol. The van der Waals surface area contributed by atoms with Crippen molar-refractivity contribution in [2.75, 3.05) is 5.32 Å².